The Morgan fingerprint density at radius 2 is 2.06 bits per heavy atom. The zero-order chi connectivity index (χ0) is 12.5. The highest BCUT2D eigenvalue weighted by Crippen LogP contribution is 2.42. The van der Waals surface area contributed by atoms with Gasteiger partial charge in [0.2, 0.25) is 0 Å². The van der Waals surface area contributed by atoms with E-state index in [1.54, 1.807) is 0 Å². The maximum Gasteiger partial charge on any atom is 0.327 e. The van der Waals surface area contributed by atoms with Crippen molar-refractivity contribution in [3.8, 4) is 0 Å². The SMILES string of the molecule is CCN(CC(NC)(C(=O)OC)C1CC1)C1CC1. The van der Waals surface area contributed by atoms with Crippen LogP contribution in [-0.2, 0) is 9.53 Å². The van der Waals surface area contributed by atoms with Gasteiger partial charge in [0.05, 0.1) is 7.11 Å². The summed E-state index contributed by atoms with van der Waals surface area (Å²) in [6.07, 6.45) is 4.83. The fourth-order valence-corrected chi connectivity index (χ4v) is 2.76. The monoisotopic (exact) mass is 240 g/mol. The van der Waals surface area contributed by atoms with E-state index in [9.17, 15) is 4.79 Å². The third-order valence-corrected chi connectivity index (χ3v) is 4.19. The molecule has 4 nitrogen and oxygen atoms in total. The molecule has 0 aromatic carbocycles. The molecule has 0 spiro atoms. The van der Waals surface area contributed by atoms with E-state index in [0.29, 0.717) is 12.0 Å². The lowest BCUT2D eigenvalue weighted by atomic mass is 9.92. The number of ether oxygens (including phenoxy) is 1. The smallest absolute Gasteiger partial charge is 0.327 e. The van der Waals surface area contributed by atoms with Crippen molar-refractivity contribution in [1.29, 1.82) is 0 Å². The van der Waals surface area contributed by atoms with Crippen LogP contribution in [0.1, 0.15) is 32.6 Å². The van der Waals surface area contributed by atoms with Gasteiger partial charge in [-0.15, -0.1) is 0 Å². The predicted octanol–water partition coefficient (Wildman–Crippen LogP) is 1.01. The minimum Gasteiger partial charge on any atom is -0.468 e. The zero-order valence-electron chi connectivity index (χ0n) is 11.2. The summed E-state index contributed by atoms with van der Waals surface area (Å²) in [6, 6.07) is 0.691. The van der Waals surface area contributed by atoms with Gasteiger partial charge in [-0.2, -0.15) is 0 Å². The molecule has 2 aliphatic rings. The minimum atomic E-state index is -0.479. The van der Waals surface area contributed by atoms with Crippen molar-refractivity contribution in [3.63, 3.8) is 0 Å². The van der Waals surface area contributed by atoms with Gasteiger partial charge in [0.1, 0.15) is 5.54 Å². The molecule has 2 aliphatic carbocycles. The molecule has 2 saturated carbocycles. The van der Waals surface area contributed by atoms with Gasteiger partial charge in [0.25, 0.3) is 0 Å². The van der Waals surface area contributed by atoms with Gasteiger partial charge in [0.15, 0.2) is 0 Å². The van der Waals surface area contributed by atoms with Gasteiger partial charge < -0.3 is 10.1 Å². The molecular formula is C13H24N2O2. The Bertz CT molecular complexity index is 287. The first-order chi connectivity index (χ1) is 8.17. The van der Waals surface area contributed by atoms with Crippen molar-refractivity contribution in [2.75, 3.05) is 27.2 Å². The lowest BCUT2D eigenvalue weighted by Gasteiger charge is -2.36. The number of methoxy groups -OCH3 is 1. The fraction of sp³-hybridized carbons (Fsp3) is 0.923. The van der Waals surface area contributed by atoms with Crippen LogP contribution in [0.25, 0.3) is 0 Å². The van der Waals surface area contributed by atoms with Crippen LogP contribution in [0.2, 0.25) is 0 Å². The number of hydrogen-bond donors (Lipinski definition) is 1. The first-order valence-corrected chi connectivity index (χ1v) is 6.69. The summed E-state index contributed by atoms with van der Waals surface area (Å²) in [6.45, 7) is 3.97. The fourth-order valence-electron chi connectivity index (χ4n) is 2.76. The number of carbonyl (C=O) groups is 1. The summed E-state index contributed by atoms with van der Waals surface area (Å²) in [5.74, 6) is 0.356. The first kappa shape index (κ1) is 12.8. The van der Waals surface area contributed by atoms with E-state index in [1.165, 1.54) is 20.0 Å². The molecule has 0 bridgehead atoms. The Labute approximate surface area is 104 Å². The molecule has 17 heavy (non-hydrogen) atoms. The number of likely N-dealkylation sites (N-methyl/N-ethyl adjacent to an activating group) is 2. The topological polar surface area (TPSA) is 41.6 Å². The molecule has 0 saturated heterocycles. The van der Waals surface area contributed by atoms with Crippen LogP contribution in [0.4, 0.5) is 0 Å². The highest BCUT2D eigenvalue weighted by molar-refractivity contribution is 5.82. The van der Waals surface area contributed by atoms with Crippen LogP contribution < -0.4 is 5.32 Å². The molecule has 1 N–H and O–H groups in total. The maximum atomic E-state index is 12.1. The minimum absolute atomic E-state index is 0.0957. The summed E-state index contributed by atoms with van der Waals surface area (Å²) >= 11 is 0. The standard InChI is InChI=1S/C13H24N2O2/c1-4-15(11-7-8-11)9-13(14-2,10-5-6-10)12(16)17-3/h10-11,14H,4-9H2,1-3H3. The van der Waals surface area contributed by atoms with Gasteiger partial charge in [-0.25, -0.2) is 4.79 Å². The third-order valence-electron chi connectivity index (χ3n) is 4.19. The van der Waals surface area contributed by atoms with E-state index < -0.39 is 5.54 Å². The van der Waals surface area contributed by atoms with E-state index in [-0.39, 0.29) is 5.97 Å². The number of nitrogens with zero attached hydrogens (tertiary/aromatic N) is 1. The van der Waals surface area contributed by atoms with Gasteiger partial charge in [-0.3, -0.25) is 4.90 Å². The lowest BCUT2D eigenvalue weighted by Crippen LogP contribution is -2.60. The Hall–Kier alpha value is -0.610. The molecule has 0 aliphatic heterocycles. The molecule has 0 heterocycles. The number of nitrogens with one attached hydrogen (secondary N) is 1. The highest BCUT2D eigenvalue weighted by Gasteiger charge is 2.52. The third kappa shape index (κ3) is 2.47. The lowest BCUT2D eigenvalue weighted by molar-refractivity contribution is -0.150. The van der Waals surface area contributed by atoms with E-state index in [2.05, 4.69) is 17.1 Å². The maximum absolute atomic E-state index is 12.1. The van der Waals surface area contributed by atoms with Crippen molar-refractivity contribution >= 4 is 5.97 Å². The molecule has 2 fully saturated rings. The molecule has 0 aromatic heterocycles. The molecule has 2 rings (SSSR count). The van der Waals surface area contributed by atoms with Crippen LogP contribution in [0.15, 0.2) is 0 Å². The van der Waals surface area contributed by atoms with Crippen LogP contribution in [0, 0.1) is 5.92 Å². The summed E-state index contributed by atoms with van der Waals surface area (Å²) in [4.78, 5) is 14.6. The predicted molar refractivity (Wildman–Crippen MR) is 66.8 cm³/mol. The summed E-state index contributed by atoms with van der Waals surface area (Å²) < 4.78 is 5.03. The van der Waals surface area contributed by atoms with Gasteiger partial charge in [-0.05, 0) is 45.2 Å². The van der Waals surface area contributed by atoms with E-state index >= 15 is 0 Å². The van der Waals surface area contributed by atoms with E-state index in [1.807, 2.05) is 7.05 Å². The number of rotatable bonds is 7. The van der Waals surface area contributed by atoms with Crippen LogP contribution in [-0.4, -0.2) is 49.7 Å². The number of esters is 1. The van der Waals surface area contributed by atoms with Crippen molar-refractivity contribution < 1.29 is 9.53 Å². The molecule has 1 atom stereocenters. The van der Waals surface area contributed by atoms with Crippen LogP contribution in [0.3, 0.4) is 0 Å². The normalized spacial score (nSPS) is 23.5. The Kier molecular flexibility index (Phi) is 3.73. The van der Waals surface area contributed by atoms with E-state index in [4.69, 9.17) is 4.74 Å². The van der Waals surface area contributed by atoms with Gasteiger partial charge in [0, 0.05) is 12.6 Å². The van der Waals surface area contributed by atoms with Crippen LogP contribution >= 0.6 is 0 Å². The van der Waals surface area contributed by atoms with Crippen molar-refractivity contribution in [1.82, 2.24) is 10.2 Å². The average Bonchev–Trinajstić information content (AvgIpc) is 3.19. The van der Waals surface area contributed by atoms with Crippen molar-refractivity contribution in [2.24, 2.45) is 5.92 Å². The Balaban J connectivity index is 2.10. The Morgan fingerprint density at radius 3 is 2.41 bits per heavy atom. The first-order valence-electron chi connectivity index (χ1n) is 6.69. The quantitative estimate of drug-likeness (QED) is 0.674. The second kappa shape index (κ2) is 4.94. The summed E-state index contributed by atoms with van der Waals surface area (Å²) in [5, 5.41) is 3.26. The van der Waals surface area contributed by atoms with E-state index in [0.717, 1.165) is 25.9 Å². The van der Waals surface area contributed by atoms with Gasteiger partial charge >= 0.3 is 5.97 Å². The molecule has 4 heteroatoms. The molecule has 98 valence electrons. The average molecular weight is 240 g/mol. The zero-order valence-corrected chi connectivity index (χ0v) is 11.2. The Morgan fingerprint density at radius 1 is 1.41 bits per heavy atom. The summed E-state index contributed by atoms with van der Waals surface area (Å²) in [5.41, 5.74) is -0.479. The second-order valence-electron chi connectivity index (χ2n) is 5.28. The summed E-state index contributed by atoms with van der Waals surface area (Å²) in [7, 11) is 3.38. The highest BCUT2D eigenvalue weighted by atomic mass is 16.5. The number of hydrogen-bond acceptors (Lipinski definition) is 4. The number of carbonyl (C=O) groups excluding carboxylic acids is 1. The molecule has 1 unspecified atom stereocenters. The largest absolute Gasteiger partial charge is 0.468 e. The molecule has 0 radical (unpaired) electrons. The van der Waals surface area contributed by atoms with Crippen LogP contribution in [0.5, 0.6) is 0 Å². The van der Waals surface area contributed by atoms with Gasteiger partial charge in [-0.1, -0.05) is 6.92 Å². The molecule has 0 amide bonds. The molecular weight excluding hydrogens is 216 g/mol. The van der Waals surface area contributed by atoms with Crippen molar-refractivity contribution in [3.05, 3.63) is 0 Å². The second-order valence-corrected chi connectivity index (χ2v) is 5.28. The molecule has 0 aromatic rings. The van der Waals surface area contributed by atoms with Crippen molar-refractivity contribution in [2.45, 2.75) is 44.2 Å².